The van der Waals surface area contributed by atoms with Crippen molar-refractivity contribution in [3.05, 3.63) is 97.6 Å². The minimum absolute atomic E-state index is 0. The van der Waals surface area contributed by atoms with Gasteiger partial charge in [0.1, 0.15) is 0 Å². The zero-order valence-corrected chi connectivity index (χ0v) is 18.7. The van der Waals surface area contributed by atoms with Gasteiger partial charge in [0, 0.05) is 65.8 Å². The van der Waals surface area contributed by atoms with E-state index in [1.807, 2.05) is 24.3 Å². The molecule has 134 valence electrons. The Balaban J connectivity index is 0.000000137. The average Bonchev–Trinajstić information content (AvgIpc) is 2.79. The van der Waals surface area contributed by atoms with Crippen LogP contribution in [0.4, 0.5) is 0 Å². The van der Waals surface area contributed by atoms with Gasteiger partial charge in [-0.05, 0) is 24.3 Å². The van der Waals surface area contributed by atoms with Gasteiger partial charge in [0.05, 0.1) is 22.1 Å². The van der Waals surface area contributed by atoms with Crippen molar-refractivity contribution in [3.8, 4) is 0 Å². The van der Waals surface area contributed by atoms with E-state index in [1.165, 1.54) is 0 Å². The van der Waals surface area contributed by atoms with E-state index < -0.39 is 0 Å². The third kappa shape index (κ3) is 3.69. The predicted molar refractivity (Wildman–Crippen MR) is 114 cm³/mol. The van der Waals surface area contributed by atoms with Crippen LogP contribution in [0.25, 0.3) is 43.6 Å². The Labute approximate surface area is 180 Å². The molecule has 4 nitrogen and oxygen atoms in total. The molecule has 0 bridgehead atoms. The molecule has 4 aromatic heterocycles. The van der Waals surface area contributed by atoms with Crippen LogP contribution in [0.1, 0.15) is 0 Å². The fraction of sp³-hybridized carbons (Fsp3) is 0. The monoisotopic (exact) mass is 424 g/mol. The topological polar surface area (TPSA) is 51.6 Å². The van der Waals surface area contributed by atoms with Gasteiger partial charge in [0.25, 0.3) is 0 Å². The summed E-state index contributed by atoms with van der Waals surface area (Å²) in [5.41, 5.74) is 3.91. The fourth-order valence-corrected chi connectivity index (χ4v) is 3.36. The van der Waals surface area contributed by atoms with Gasteiger partial charge in [-0.15, -0.1) is 0 Å². The maximum absolute atomic E-state index is 4.35. The maximum atomic E-state index is 4.35. The van der Waals surface area contributed by atoms with Gasteiger partial charge >= 0.3 is 0 Å². The Morgan fingerprint density at radius 3 is 0.828 bits per heavy atom. The second-order valence-electron chi connectivity index (χ2n) is 6.43. The summed E-state index contributed by atoms with van der Waals surface area (Å²) in [7, 11) is 0. The summed E-state index contributed by atoms with van der Waals surface area (Å²) in [5, 5.41) is 4.55. The first-order valence-electron chi connectivity index (χ1n) is 9.07. The Morgan fingerprint density at radius 1 is 0.345 bits per heavy atom. The molecule has 0 saturated carbocycles. The molecule has 0 unspecified atom stereocenters. The van der Waals surface area contributed by atoms with Crippen molar-refractivity contribution < 1.29 is 19.5 Å². The molecule has 0 aliphatic heterocycles. The largest absolute Gasteiger partial charge is 0.254 e. The van der Waals surface area contributed by atoms with Crippen LogP contribution in [-0.2, 0) is 19.5 Å². The summed E-state index contributed by atoms with van der Waals surface area (Å²) in [6.45, 7) is 0. The van der Waals surface area contributed by atoms with Crippen LogP contribution < -0.4 is 0 Å². The summed E-state index contributed by atoms with van der Waals surface area (Å²) < 4.78 is 0. The van der Waals surface area contributed by atoms with Crippen molar-refractivity contribution >= 4 is 43.6 Å². The molecule has 0 saturated heterocycles. The molecule has 6 aromatic rings. The molecular formula is C24H16N4Zn. The van der Waals surface area contributed by atoms with E-state index in [9.17, 15) is 0 Å². The predicted octanol–water partition coefficient (Wildman–Crippen LogP) is 5.56. The van der Waals surface area contributed by atoms with Crippen molar-refractivity contribution in [1.29, 1.82) is 0 Å². The minimum atomic E-state index is 0. The number of aromatic nitrogens is 4. The molecule has 6 rings (SSSR count). The number of fused-ring (bicyclic) bond motifs is 6. The number of hydrogen-bond donors (Lipinski definition) is 0. The van der Waals surface area contributed by atoms with E-state index in [2.05, 4.69) is 68.5 Å². The molecule has 0 fully saturated rings. The number of rotatable bonds is 0. The summed E-state index contributed by atoms with van der Waals surface area (Å²) in [6, 6.07) is 24.3. The summed E-state index contributed by atoms with van der Waals surface area (Å²) in [5.74, 6) is 0. The van der Waals surface area contributed by atoms with Crippen LogP contribution in [0.15, 0.2) is 97.6 Å². The van der Waals surface area contributed by atoms with E-state index >= 15 is 0 Å². The zero-order valence-electron chi connectivity index (χ0n) is 15.7. The SMILES string of the molecule is [Zn].c1cnc2c(c1)ccc1cccnc12.c1cnc2c(c1)ccc1cccnc12. The second kappa shape index (κ2) is 8.38. The number of benzene rings is 2. The van der Waals surface area contributed by atoms with Crippen LogP contribution >= 0.6 is 0 Å². The number of nitrogens with zero attached hydrogens (tertiary/aromatic N) is 4. The molecule has 0 radical (unpaired) electrons. The van der Waals surface area contributed by atoms with Crippen molar-refractivity contribution in [2.24, 2.45) is 0 Å². The van der Waals surface area contributed by atoms with Crippen molar-refractivity contribution in [2.45, 2.75) is 0 Å². The second-order valence-corrected chi connectivity index (χ2v) is 6.43. The molecular weight excluding hydrogens is 410 g/mol. The first-order chi connectivity index (χ1) is 13.9. The minimum Gasteiger partial charge on any atom is -0.254 e. The van der Waals surface area contributed by atoms with Gasteiger partial charge in [-0.1, -0.05) is 48.5 Å². The average molecular weight is 426 g/mol. The van der Waals surface area contributed by atoms with Crippen LogP contribution in [0, 0.1) is 0 Å². The third-order valence-electron chi connectivity index (χ3n) is 4.69. The molecule has 29 heavy (non-hydrogen) atoms. The van der Waals surface area contributed by atoms with Crippen LogP contribution in [0.2, 0.25) is 0 Å². The first kappa shape index (κ1) is 19.0. The Morgan fingerprint density at radius 2 is 0.586 bits per heavy atom. The molecule has 2 aromatic carbocycles. The summed E-state index contributed by atoms with van der Waals surface area (Å²) in [4.78, 5) is 17.4. The quantitative estimate of drug-likeness (QED) is 0.236. The first-order valence-corrected chi connectivity index (χ1v) is 9.07. The normalized spacial score (nSPS) is 10.5. The molecule has 0 aliphatic carbocycles. The molecule has 0 amide bonds. The fourth-order valence-electron chi connectivity index (χ4n) is 3.36. The van der Waals surface area contributed by atoms with Crippen LogP contribution in [-0.4, -0.2) is 19.9 Å². The van der Waals surface area contributed by atoms with Gasteiger partial charge < -0.3 is 0 Å². The van der Waals surface area contributed by atoms with E-state index in [0.717, 1.165) is 43.6 Å². The van der Waals surface area contributed by atoms with Gasteiger partial charge in [-0.25, -0.2) is 0 Å². The van der Waals surface area contributed by atoms with Gasteiger partial charge in [-0.3, -0.25) is 19.9 Å². The van der Waals surface area contributed by atoms with Gasteiger partial charge in [-0.2, -0.15) is 0 Å². The number of pyridine rings is 4. The third-order valence-corrected chi connectivity index (χ3v) is 4.69. The van der Waals surface area contributed by atoms with Crippen molar-refractivity contribution in [2.75, 3.05) is 0 Å². The summed E-state index contributed by atoms with van der Waals surface area (Å²) in [6.07, 6.45) is 7.21. The molecule has 0 aliphatic rings. The molecule has 4 heterocycles. The standard InChI is InChI=1S/2C12H8N2.Zn/c2*1-3-9-5-6-10-4-2-8-14-12(10)11(9)13-7-1;/h2*1-8H;. The molecule has 0 N–H and O–H groups in total. The molecule has 5 heteroatoms. The smallest absolute Gasteiger partial charge is 0.0964 e. The Kier molecular flexibility index (Phi) is 5.50. The van der Waals surface area contributed by atoms with E-state index in [0.29, 0.717) is 0 Å². The maximum Gasteiger partial charge on any atom is 0.0964 e. The van der Waals surface area contributed by atoms with Crippen LogP contribution in [0.5, 0.6) is 0 Å². The summed E-state index contributed by atoms with van der Waals surface area (Å²) >= 11 is 0. The zero-order chi connectivity index (χ0) is 18.8. The van der Waals surface area contributed by atoms with E-state index in [1.54, 1.807) is 24.8 Å². The van der Waals surface area contributed by atoms with E-state index in [4.69, 9.17) is 0 Å². The van der Waals surface area contributed by atoms with Crippen molar-refractivity contribution in [1.82, 2.24) is 19.9 Å². The number of hydrogen-bond acceptors (Lipinski definition) is 4. The Hall–Kier alpha value is -3.30. The van der Waals surface area contributed by atoms with E-state index in [-0.39, 0.29) is 19.5 Å². The molecule has 0 atom stereocenters. The van der Waals surface area contributed by atoms with Gasteiger partial charge in [0.15, 0.2) is 0 Å². The van der Waals surface area contributed by atoms with Crippen LogP contribution in [0.3, 0.4) is 0 Å². The van der Waals surface area contributed by atoms with Crippen molar-refractivity contribution in [3.63, 3.8) is 0 Å². The Bertz CT molecular complexity index is 1210. The van der Waals surface area contributed by atoms with Gasteiger partial charge in [0.2, 0.25) is 0 Å². The molecule has 0 spiro atoms.